The first-order valence-electron chi connectivity index (χ1n) is 12.8. The van der Waals surface area contributed by atoms with Crippen LogP contribution >= 0.6 is 11.3 Å². The molecule has 3 amide bonds. The summed E-state index contributed by atoms with van der Waals surface area (Å²) in [5.74, 6) is 0.219. The smallest absolute Gasteiger partial charge is 0.287 e. The molecule has 2 N–H and O–H groups in total. The first-order chi connectivity index (χ1) is 18.0. The highest BCUT2D eigenvalue weighted by Gasteiger charge is 2.44. The van der Waals surface area contributed by atoms with E-state index >= 15 is 0 Å². The van der Waals surface area contributed by atoms with Gasteiger partial charge in [0.25, 0.3) is 11.8 Å². The number of piperidine rings is 1. The SMILES string of the molecule is CCOc1cccc2cc(C(=O)NC3(C(=O)N4CCCN(C(=O)c5cccs5)CC4)CCNCC3)oc12. The monoisotopic (exact) mass is 524 g/mol. The number of furan rings is 1. The average Bonchev–Trinajstić information content (AvgIpc) is 3.55. The molecule has 0 bridgehead atoms. The lowest BCUT2D eigenvalue weighted by atomic mass is 9.86. The fraction of sp³-hybridized carbons (Fsp3) is 0.444. The number of carbonyl (C=O) groups excluding carboxylic acids is 3. The van der Waals surface area contributed by atoms with E-state index in [0.717, 1.165) is 5.39 Å². The Morgan fingerprint density at radius 3 is 2.62 bits per heavy atom. The molecule has 5 rings (SSSR count). The predicted octanol–water partition coefficient (Wildman–Crippen LogP) is 3.12. The molecule has 2 saturated heterocycles. The quantitative estimate of drug-likeness (QED) is 0.514. The number of nitrogens with zero attached hydrogens (tertiary/aromatic N) is 2. The van der Waals surface area contributed by atoms with Crippen LogP contribution in [0.25, 0.3) is 11.0 Å². The van der Waals surface area contributed by atoms with E-state index in [4.69, 9.17) is 9.15 Å². The number of amides is 3. The van der Waals surface area contributed by atoms with Gasteiger partial charge in [-0.1, -0.05) is 18.2 Å². The minimum atomic E-state index is -1.03. The summed E-state index contributed by atoms with van der Waals surface area (Å²) in [6, 6.07) is 10.9. The maximum Gasteiger partial charge on any atom is 0.287 e. The van der Waals surface area contributed by atoms with Gasteiger partial charge in [-0.2, -0.15) is 0 Å². The topological polar surface area (TPSA) is 104 Å². The molecule has 10 heteroatoms. The summed E-state index contributed by atoms with van der Waals surface area (Å²) >= 11 is 1.43. The first-order valence-corrected chi connectivity index (χ1v) is 13.7. The molecule has 0 saturated carbocycles. The number of benzene rings is 1. The zero-order valence-electron chi connectivity index (χ0n) is 21.0. The molecular weight excluding hydrogens is 492 g/mol. The lowest BCUT2D eigenvalue weighted by Crippen LogP contribution is -2.63. The largest absolute Gasteiger partial charge is 0.490 e. The number of thiophene rings is 1. The van der Waals surface area contributed by atoms with Crippen LogP contribution in [0.3, 0.4) is 0 Å². The van der Waals surface area contributed by atoms with Crippen molar-refractivity contribution in [2.45, 2.75) is 31.7 Å². The van der Waals surface area contributed by atoms with Crippen LogP contribution in [0.1, 0.15) is 46.4 Å². The van der Waals surface area contributed by atoms with Crippen LogP contribution in [-0.2, 0) is 4.79 Å². The van der Waals surface area contributed by atoms with E-state index in [9.17, 15) is 14.4 Å². The van der Waals surface area contributed by atoms with Gasteiger partial charge in [0.2, 0.25) is 5.91 Å². The molecule has 4 heterocycles. The third kappa shape index (κ3) is 5.21. The van der Waals surface area contributed by atoms with E-state index in [2.05, 4.69) is 10.6 Å². The van der Waals surface area contributed by atoms with Crippen molar-refractivity contribution in [3.8, 4) is 5.75 Å². The van der Waals surface area contributed by atoms with Crippen molar-refractivity contribution in [3.63, 3.8) is 0 Å². The summed E-state index contributed by atoms with van der Waals surface area (Å²) in [5, 5.41) is 9.00. The van der Waals surface area contributed by atoms with Gasteiger partial charge in [-0.3, -0.25) is 14.4 Å². The lowest BCUT2D eigenvalue weighted by Gasteiger charge is -2.40. The normalized spacial score (nSPS) is 17.9. The third-order valence-electron chi connectivity index (χ3n) is 7.05. The molecule has 0 aliphatic carbocycles. The molecule has 196 valence electrons. The molecule has 37 heavy (non-hydrogen) atoms. The Balaban J connectivity index is 1.33. The summed E-state index contributed by atoms with van der Waals surface area (Å²) < 4.78 is 11.5. The van der Waals surface area contributed by atoms with E-state index in [1.165, 1.54) is 11.3 Å². The molecule has 2 fully saturated rings. The average molecular weight is 525 g/mol. The van der Waals surface area contributed by atoms with Crippen molar-refractivity contribution in [2.75, 3.05) is 45.9 Å². The second kappa shape index (κ2) is 10.9. The summed E-state index contributed by atoms with van der Waals surface area (Å²) in [6.07, 6.45) is 1.65. The fourth-order valence-electron chi connectivity index (χ4n) is 5.12. The summed E-state index contributed by atoms with van der Waals surface area (Å²) in [7, 11) is 0. The van der Waals surface area contributed by atoms with Crippen molar-refractivity contribution < 1.29 is 23.5 Å². The number of fused-ring (bicyclic) bond motifs is 1. The molecule has 3 aromatic rings. The van der Waals surface area contributed by atoms with E-state index in [0.29, 0.717) is 81.3 Å². The molecular formula is C27H32N4O5S. The fourth-order valence-corrected chi connectivity index (χ4v) is 5.82. The Hall–Kier alpha value is -3.37. The number of ether oxygens (including phenoxy) is 1. The highest BCUT2D eigenvalue weighted by molar-refractivity contribution is 7.12. The van der Waals surface area contributed by atoms with Crippen LogP contribution in [0.4, 0.5) is 0 Å². The molecule has 2 aromatic heterocycles. The Morgan fingerprint density at radius 1 is 1.08 bits per heavy atom. The van der Waals surface area contributed by atoms with Crippen LogP contribution in [0, 0.1) is 0 Å². The molecule has 0 radical (unpaired) electrons. The Kier molecular flexibility index (Phi) is 7.48. The van der Waals surface area contributed by atoms with Crippen LogP contribution in [0.15, 0.2) is 46.2 Å². The molecule has 2 aliphatic heterocycles. The van der Waals surface area contributed by atoms with Crippen LogP contribution in [0.5, 0.6) is 5.75 Å². The lowest BCUT2D eigenvalue weighted by molar-refractivity contribution is -0.139. The standard InChI is InChI=1S/C27H32N4O5S/c1-2-35-20-7-3-6-19-18-21(36-23(19)20)24(32)29-27(9-11-28-12-10-27)26(34)31-14-5-13-30(15-16-31)25(33)22-8-4-17-37-22/h3-4,6-8,17-18,28H,2,5,9-16H2,1H3,(H,29,32). The number of para-hydroxylation sites is 1. The van der Waals surface area contributed by atoms with Gasteiger partial charge >= 0.3 is 0 Å². The molecule has 0 atom stereocenters. The third-order valence-corrected chi connectivity index (χ3v) is 7.91. The first kappa shape index (κ1) is 25.3. The van der Waals surface area contributed by atoms with Crippen molar-refractivity contribution in [1.29, 1.82) is 0 Å². The number of carbonyl (C=O) groups is 3. The van der Waals surface area contributed by atoms with Gasteiger partial charge in [0.05, 0.1) is 11.5 Å². The van der Waals surface area contributed by atoms with Crippen molar-refractivity contribution in [2.24, 2.45) is 0 Å². The number of rotatable bonds is 6. The summed E-state index contributed by atoms with van der Waals surface area (Å²) in [6.45, 7) is 5.66. The maximum atomic E-state index is 13.9. The van der Waals surface area contributed by atoms with Crippen molar-refractivity contribution in [1.82, 2.24) is 20.4 Å². The van der Waals surface area contributed by atoms with E-state index in [1.54, 1.807) is 17.0 Å². The second-order valence-corrected chi connectivity index (χ2v) is 10.4. The van der Waals surface area contributed by atoms with Crippen LogP contribution < -0.4 is 15.4 Å². The number of hydrogen-bond donors (Lipinski definition) is 2. The zero-order valence-corrected chi connectivity index (χ0v) is 21.8. The Morgan fingerprint density at radius 2 is 1.86 bits per heavy atom. The van der Waals surface area contributed by atoms with Gasteiger partial charge < -0.3 is 29.6 Å². The second-order valence-electron chi connectivity index (χ2n) is 9.42. The molecule has 0 spiro atoms. The Labute approximate surface area is 219 Å². The van der Waals surface area contributed by atoms with Gasteiger partial charge in [0.1, 0.15) is 5.54 Å². The van der Waals surface area contributed by atoms with Gasteiger partial charge in [-0.25, -0.2) is 0 Å². The number of hydrogen-bond acceptors (Lipinski definition) is 7. The van der Waals surface area contributed by atoms with E-state index < -0.39 is 11.4 Å². The van der Waals surface area contributed by atoms with Gasteiger partial charge in [0, 0.05) is 31.6 Å². The van der Waals surface area contributed by atoms with Crippen LogP contribution in [0.2, 0.25) is 0 Å². The maximum absolute atomic E-state index is 13.9. The molecule has 1 aromatic carbocycles. The molecule has 0 unspecified atom stereocenters. The number of nitrogens with one attached hydrogen (secondary N) is 2. The van der Waals surface area contributed by atoms with Crippen molar-refractivity contribution in [3.05, 3.63) is 52.4 Å². The molecule has 2 aliphatic rings. The van der Waals surface area contributed by atoms with Gasteiger partial charge in [0.15, 0.2) is 17.1 Å². The van der Waals surface area contributed by atoms with Gasteiger partial charge in [-0.05, 0) is 62.9 Å². The Bertz CT molecular complexity index is 1270. The minimum absolute atomic E-state index is 0.00508. The van der Waals surface area contributed by atoms with Crippen molar-refractivity contribution >= 4 is 40.0 Å². The van der Waals surface area contributed by atoms with Crippen LogP contribution in [-0.4, -0.2) is 78.9 Å². The highest BCUT2D eigenvalue weighted by atomic mass is 32.1. The molecule has 9 nitrogen and oxygen atoms in total. The summed E-state index contributed by atoms with van der Waals surface area (Å²) in [5.41, 5.74) is -0.514. The zero-order chi connectivity index (χ0) is 25.8. The van der Waals surface area contributed by atoms with Gasteiger partial charge in [-0.15, -0.1) is 11.3 Å². The summed E-state index contributed by atoms with van der Waals surface area (Å²) in [4.78, 5) is 44.5. The van der Waals surface area contributed by atoms with E-state index in [1.807, 2.05) is 41.5 Å². The predicted molar refractivity (Wildman–Crippen MR) is 141 cm³/mol. The minimum Gasteiger partial charge on any atom is -0.490 e. The highest BCUT2D eigenvalue weighted by Crippen LogP contribution is 2.30. The van der Waals surface area contributed by atoms with E-state index in [-0.39, 0.29) is 17.6 Å².